The van der Waals surface area contributed by atoms with E-state index in [2.05, 4.69) is 4.99 Å². The third-order valence-corrected chi connectivity index (χ3v) is 3.02. The molecule has 0 fully saturated rings. The molecule has 1 rings (SSSR count). The highest BCUT2D eigenvalue weighted by molar-refractivity contribution is 7.86. The predicted molar refractivity (Wildman–Crippen MR) is 64.7 cm³/mol. The number of phenolic OH excluding ortho intramolecular Hbond substituents is 1. The van der Waals surface area contributed by atoms with E-state index in [-0.39, 0.29) is 17.4 Å². The second kappa shape index (κ2) is 4.91. The van der Waals surface area contributed by atoms with Gasteiger partial charge in [-0.25, -0.2) is 4.99 Å². The molecule has 1 aromatic rings. The number of rotatable bonds is 3. The molecule has 8 heteroatoms. The Kier molecular flexibility index (Phi) is 3.97. The molecule has 0 bridgehead atoms. The van der Waals surface area contributed by atoms with Crippen LogP contribution in [0, 0.1) is 6.92 Å². The lowest BCUT2D eigenvalue weighted by molar-refractivity contribution is 0.444. The van der Waals surface area contributed by atoms with Crippen molar-refractivity contribution in [2.45, 2.75) is 11.8 Å². The maximum Gasteiger partial charge on any atom is 0.298 e. The van der Waals surface area contributed by atoms with Crippen LogP contribution in [0.25, 0.3) is 0 Å². The lowest BCUT2D eigenvalue weighted by Gasteiger charge is -2.06. The number of phenols is 1. The Morgan fingerprint density at radius 1 is 1.53 bits per heavy atom. The van der Waals surface area contributed by atoms with Crippen LogP contribution in [0.5, 0.6) is 5.75 Å². The highest BCUT2D eigenvalue weighted by atomic mass is 35.5. The molecule has 0 aliphatic carbocycles. The van der Waals surface area contributed by atoms with Crippen molar-refractivity contribution in [3.8, 4) is 5.75 Å². The summed E-state index contributed by atoms with van der Waals surface area (Å²) >= 11 is 5.42. The van der Waals surface area contributed by atoms with Gasteiger partial charge < -0.3 is 10.8 Å². The molecule has 0 aliphatic rings. The van der Waals surface area contributed by atoms with Gasteiger partial charge in [0.1, 0.15) is 16.4 Å². The fourth-order valence-corrected chi connectivity index (χ4v) is 1.94. The number of hydrogen-bond acceptors (Lipinski definition) is 4. The van der Waals surface area contributed by atoms with Crippen molar-refractivity contribution < 1.29 is 18.1 Å². The van der Waals surface area contributed by atoms with Gasteiger partial charge in [0.25, 0.3) is 10.1 Å². The first-order chi connectivity index (χ1) is 7.75. The van der Waals surface area contributed by atoms with E-state index in [1.54, 1.807) is 6.92 Å². The molecule has 0 saturated heterocycles. The zero-order valence-corrected chi connectivity index (χ0v) is 10.5. The summed E-state index contributed by atoms with van der Waals surface area (Å²) in [6.45, 7) is 1.59. The Balaban J connectivity index is 3.50. The zero-order chi connectivity index (χ0) is 13.2. The van der Waals surface area contributed by atoms with Gasteiger partial charge in [0.05, 0.1) is 5.88 Å². The van der Waals surface area contributed by atoms with Gasteiger partial charge in [-0.1, -0.05) is 0 Å². The van der Waals surface area contributed by atoms with E-state index >= 15 is 0 Å². The van der Waals surface area contributed by atoms with Crippen molar-refractivity contribution in [1.82, 2.24) is 0 Å². The van der Waals surface area contributed by atoms with Crippen LogP contribution in [0.4, 0.5) is 5.69 Å². The van der Waals surface area contributed by atoms with Gasteiger partial charge >= 0.3 is 0 Å². The highest BCUT2D eigenvalue weighted by Gasteiger charge is 2.19. The molecule has 0 radical (unpaired) electrons. The van der Waals surface area contributed by atoms with Gasteiger partial charge in [0.15, 0.2) is 5.75 Å². The summed E-state index contributed by atoms with van der Waals surface area (Å²) in [4.78, 5) is 3.14. The average Bonchev–Trinajstić information content (AvgIpc) is 2.21. The molecule has 0 heterocycles. The number of benzene rings is 1. The number of aliphatic imine (C=N–C) groups is 1. The van der Waals surface area contributed by atoms with E-state index in [0.29, 0.717) is 5.56 Å². The van der Waals surface area contributed by atoms with Gasteiger partial charge in [-0.2, -0.15) is 8.42 Å². The van der Waals surface area contributed by atoms with Crippen LogP contribution >= 0.6 is 11.6 Å². The van der Waals surface area contributed by atoms with Gasteiger partial charge in [-0.15, -0.1) is 11.6 Å². The highest BCUT2D eigenvalue weighted by Crippen LogP contribution is 2.34. The first-order valence-electron chi connectivity index (χ1n) is 4.46. The maximum atomic E-state index is 11.0. The fourth-order valence-electron chi connectivity index (χ4n) is 1.19. The monoisotopic (exact) mass is 278 g/mol. The molecule has 6 nitrogen and oxygen atoms in total. The second-order valence-electron chi connectivity index (χ2n) is 3.34. The van der Waals surface area contributed by atoms with E-state index < -0.39 is 20.8 Å². The number of aryl methyl sites for hydroxylation is 1. The Labute approximate surface area is 103 Å². The van der Waals surface area contributed by atoms with E-state index in [0.717, 1.165) is 6.07 Å². The van der Waals surface area contributed by atoms with Crippen LogP contribution in [0.2, 0.25) is 0 Å². The summed E-state index contributed by atoms with van der Waals surface area (Å²) < 4.78 is 30.9. The van der Waals surface area contributed by atoms with Crippen LogP contribution in [0.1, 0.15) is 5.56 Å². The van der Waals surface area contributed by atoms with Gasteiger partial charge in [0, 0.05) is 0 Å². The van der Waals surface area contributed by atoms with Gasteiger partial charge in [-0.05, 0) is 24.6 Å². The zero-order valence-electron chi connectivity index (χ0n) is 8.88. The minimum atomic E-state index is -4.51. The Hall–Kier alpha value is -1.31. The molecule has 0 aromatic heterocycles. The number of hydrogen-bond donors (Lipinski definition) is 3. The van der Waals surface area contributed by atoms with E-state index in [1.807, 2.05) is 0 Å². The molecule has 0 spiro atoms. The van der Waals surface area contributed by atoms with E-state index in [4.69, 9.17) is 21.9 Å². The van der Waals surface area contributed by atoms with Crippen molar-refractivity contribution in [3.63, 3.8) is 0 Å². The van der Waals surface area contributed by atoms with Crippen molar-refractivity contribution in [1.29, 1.82) is 0 Å². The first kappa shape index (κ1) is 13.8. The van der Waals surface area contributed by atoms with Crippen LogP contribution in [0.15, 0.2) is 22.0 Å². The number of amidine groups is 1. The normalized spacial score (nSPS) is 12.8. The summed E-state index contributed by atoms with van der Waals surface area (Å²) in [6.07, 6.45) is 0. The summed E-state index contributed by atoms with van der Waals surface area (Å²) in [6, 6.07) is 2.55. The molecule has 94 valence electrons. The van der Waals surface area contributed by atoms with Crippen LogP contribution in [0.3, 0.4) is 0 Å². The number of alkyl halides is 1. The largest absolute Gasteiger partial charge is 0.504 e. The molecule has 0 atom stereocenters. The maximum absolute atomic E-state index is 11.0. The van der Waals surface area contributed by atoms with Crippen LogP contribution in [-0.2, 0) is 10.1 Å². The Morgan fingerprint density at radius 3 is 2.59 bits per heavy atom. The lowest BCUT2D eigenvalue weighted by Crippen LogP contribution is -2.12. The average molecular weight is 279 g/mol. The van der Waals surface area contributed by atoms with E-state index in [9.17, 15) is 13.5 Å². The molecule has 17 heavy (non-hydrogen) atoms. The number of aromatic hydroxyl groups is 1. The van der Waals surface area contributed by atoms with Crippen LogP contribution in [-0.4, -0.2) is 29.8 Å². The summed E-state index contributed by atoms with van der Waals surface area (Å²) in [5.74, 6) is -0.700. The first-order valence-corrected chi connectivity index (χ1v) is 6.43. The molecular formula is C9H11ClN2O4S. The van der Waals surface area contributed by atoms with E-state index in [1.165, 1.54) is 6.07 Å². The summed E-state index contributed by atoms with van der Waals surface area (Å²) in [5, 5.41) is 9.65. The van der Waals surface area contributed by atoms with Crippen LogP contribution < -0.4 is 5.73 Å². The SMILES string of the molecule is Cc1cc(N=C(N)CCl)c(O)c(S(=O)(=O)O)c1. The second-order valence-corrected chi connectivity index (χ2v) is 5.00. The quantitative estimate of drug-likeness (QED) is 0.332. The Morgan fingerprint density at radius 2 is 2.12 bits per heavy atom. The summed E-state index contributed by atoms with van der Waals surface area (Å²) in [7, 11) is -4.51. The molecule has 1 aromatic carbocycles. The van der Waals surface area contributed by atoms with Crippen molar-refractivity contribution in [2.75, 3.05) is 5.88 Å². The molecule has 0 unspecified atom stereocenters. The van der Waals surface area contributed by atoms with Crippen molar-refractivity contribution in [3.05, 3.63) is 17.7 Å². The molecule has 0 saturated carbocycles. The van der Waals surface area contributed by atoms with Gasteiger partial charge in [0.2, 0.25) is 0 Å². The molecule has 0 amide bonds. The summed E-state index contributed by atoms with van der Waals surface area (Å²) in [5.41, 5.74) is 5.82. The number of nitrogens with two attached hydrogens (primary N) is 1. The molecular weight excluding hydrogens is 268 g/mol. The number of nitrogens with zero attached hydrogens (tertiary/aromatic N) is 1. The third kappa shape index (κ3) is 3.32. The molecule has 4 N–H and O–H groups in total. The Bertz CT molecular complexity index is 569. The standard InChI is InChI=1S/C9H11ClN2O4S/c1-5-2-6(12-8(11)4-10)9(13)7(3-5)17(14,15)16/h2-3,13H,4H2,1H3,(H2,11,12)(H,14,15,16). The lowest BCUT2D eigenvalue weighted by atomic mass is 10.2. The third-order valence-electron chi connectivity index (χ3n) is 1.88. The number of halogens is 1. The minimum absolute atomic E-state index is 0.0221. The predicted octanol–water partition coefficient (Wildman–Crippen LogP) is 1.17. The topological polar surface area (TPSA) is 113 Å². The fraction of sp³-hybridized carbons (Fsp3) is 0.222. The minimum Gasteiger partial charge on any atom is -0.504 e. The van der Waals surface area contributed by atoms with Gasteiger partial charge in [-0.3, -0.25) is 4.55 Å². The smallest absolute Gasteiger partial charge is 0.298 e. The van der Waals surface area contributed by atoms with Crippen molar-refractivity contribution >= 4 is 33.2 Å². The molecule has 0 aliphatic heterocycles. The van der Waals surface area contributed by atoms with Crippen molar-refractivity contribution in [2.24, 2.45) is 10.7 Å².